The fourth-order valence-electron chi connectivity index (χ4n) is 3.45. The number of anilines is 1. The van der Waals surface area contributed by atoms with Crippen LogP contribution in [0.2, 0.25) is 0 Å². The normalized spacial score (nSPS) is 19.0. The summed E-state index contributed by atoms with van der Waals surface area (Å²) in [6, 6.07) is 7.65. The molecular formula is C22H29N3O3S. The van der Waals surface area contributed by atoms with Gasteiger partial charge >= 0.3 is 0 Å². The number of aryl methyl sites for hydroxylation is 2. The maximum Gasteiger partial charge on any atom is 0.249 e. The van der Waals surface area contributed by atoms with Crippen molar-refractivity contribution in [3.8, 4) is 0 Å². The Morgan fingerprint density at radius 3 is 2.55 bits per heavy atom. The van der Waals surface area contributed by atoms with Crippen molar-refractivity contribution in [1.29, 1.82) is 0 Å². The predicted molar refractivity (Wildman–Crippen MR) is 117 cm³/mol. The van der Waals surface area contributed by atoms with Crippen molar-refractivity contribution < 1.29 is 13.2 Å². The van der Waals surface area contributed by atoms with E-state index in [1.807, 2.05) is 52.8 Å². The zero-order valence-corrected chi connectivity index (χ0v) is 18.5. The van der Waals surface area contributed by atoms with E-state index in [9.17, 15) is 13.2 Å². The van der Waals surface area contributed by atoms with Crippen LogP contribution >= 0.6 is 0 Å². The molecule has 1 aliphatic rings. The van der Waals surface area contributed by atoms with Crippen LogP contribution in [0.5, 0.6) is 0 Å². The van der Waals surface area contributed by atoms with E-state index in [0.29, 0.717) is 12.2 Å². The Morgan fingerprint density at radius 1 is 1.24 bits per heavy atom. The first kappa shape index (κ1) is 21.3. The Balaban J connectivity index is 1.84. The Kier molecular flexibility index (Phi) is 5.72. The van der Waals surface area contributed by atoms with Crippen molar-refractivity contribution in [3.63, 3.8) is 0 Å². The van der Waals surface area contributed by atoms with Crippen molar-refractivity contribution in [2.75, 3.05) is 16.8 Å². The summed E-state index contributed by atoms with van der Waals surface area (Å²) in [4.78, 5) is 12.6. The number of hydrogen-bond acceptors (Lipinski definition) is 4. The van der Waals surface area contributed by atoms with Gasteiger partial charge in [0.2, 0.25) is 5.91 Å². The molecule has 0 aliphatic carbocycles. The molecule has 0 radical (unpaired) electrons. The lowest BCUT2D eigenvalue weighted by atomic mass is 9.92. The quantitative estimate of drug-likeness (QED) is 0.770. The van der Waals surface area contributed by atoms with Crippen molar-refractivity contribution >= 4 is 27.6 Å². The van der Waals surface area contributed by atoms with E-state index in [2.05, 4.69) is 16.5 Å². The predicted octanol–water partition coefficient (Wildman–Crippen LogP) is 3.81. The molecule has 1 N–H and O–H groups in total. The third-order valence-electron chi connectivity index (χ3n) is 5.15. The summed E-state index contributed by atoms with van der Waals surface area (Å²) >= 11 is 0. The maximum absolute atomic E-state index is 12.6. The van der Waals surface area contributed by atoms with Crippen LogP contribution in [0, 0.1) is 13.8 Å². The molecule has 1 aromatic carbocycles. The number of carbonyl (C=O) groups is 1. The van der Waals surface area contributed by atoms with E-state index in [0.717, 1.165) is 16.8 Å². The van der Waals surface area contributed by atoms with Gasteiger partial charge in [0.15, 0.2) is 9.84 Å². The van der Waals surface area contributed by atoms with Gasteiger partial charge in [-0.05, 0) is 37.5 Å². The van der Waals surface area contributed by atoms with Gasteiger partial charge in [0.05, 0.1) is 23.2 Å². The molecule has 0 saturated carbocycles. The highest BCUT2D eigenvalue weighted by Crippen LogP contribution is 2.30. The number of carbonyl (C=O) groups excluding carboxylic acids is 1. The molecule has 29 heavy (non-hydrogen) atoms. The molecule has 1 saturated heterocycles. The van der Waals surface area contributed by atoms with Gasteiger partial charge in [-0.2, -0.15) is 5.10 Å². The van der Waals surface area contributed by atoms with Crippen LogP contribution in [0.1, 0.15) is 55.6 Å². The van der Waals surface area contributed by atoms with Gasteiger partial charge < -0.3 is 5.32 Å². The summed E-state index contributed by atoms with van der Waals surface area (Å²) in [5.41, 5.74) is 3.86. The van der Waals surface area contributed by atoms with E-state index in [1.54, 1.807) is 10.8 Å². The van der Waals surface area contributed by atoms with Crippen LogP contribution in [0.4, 0.5) is 5.82 Å². The lowest BCUT2D eigenvalue weighted by Crippen LogP contribution is -2.19. The van der Waals surface area contributed by atoms with Crippen LogP contribution < -0.4 is 5.32 Å². The van der Waals surface area contributed by atoms with Gasteiger partial charge in [-0.1, -0.05) is 44.5 Å². The monoisotopic (exact) mass is 415 g/mol. The van der Waals surface area contributed by atoms with Crippen molar-refractivity contribution in [3.05, 3.63) is 52.7 Å². The Morgan fingerprint density at radius 2 is 1.97 bits per heavy atom. The van der Waals surface area contributed by atoms with Crippen molar-refractivity contribution in [1.82, 2.24) is 9.78 Å². The number of benzene rings is 1. The first-order valence-corrected chi connectivity index (χ1v) is 11.6. The first-order chi connectivity index (χ1) is 13.4. The summed E-state index contributed by atoms with van der Waals surface area (Å²) in [6.45, 7) is 10.2. The van der Waals surface area contributed by atoms with E-state index in [1.165, 1.54) is 11.6 Å². The van der Waals surface area contributed by atoms with Gasteiger partial charge in [-0.15, -0.1) is 0 Å². The van der Waals surface area contributed by atoms with Crippen LogP contribution in [-0.4, -0.2) is 35.6 Å². The molecule has 0 bridgehead atoms. The second kappa shape index (κ2) is 7.78. The molecule has 3 rings (SSSR count). The molecule has 1 aliphatic heterocycles. The molecule has 2 aromatic rings. The Hall–Kier alpha value is -2.41. The highest BCUT2D eigenvalue weighted by atomic mass is 32.2. The Bertz CT molecular complexity index is 1060. The molecule has 6 nitrogen and oxygen atoms in total. The Labute approximate surface area is 172 Å². The molecule has 1 unspecified atom stereocenters. The molecule has 1 atom stereocenters. The number of nitrogens with one attached hydrogen (secondary N) is 1. The third-order valence-corrected chi connectivity index (χ3v) is 6.90. The van der Waals surface area contributed by atoms with E-state index < -0.39 is 9.84 Å². The SMILES string of the molecule is Cc1ccc(C=CC(=O)Nc2cc(C(C)(C)C)nn2C2CCS(=O)(=O)C2)c(C)c1. The molecule has 1 amide bonds. The fourth-order valence-corrected chi connectivity index (χ4v) is 5.14. The minimum absolute atomic E-state index is 0.0551. The van der Waals surface area contributed by atoms with Gasteiger partial charge in [0.1, 0.15) is 5.82 Å². The number of sulfone groups is 1. The van der Waals surface area contributed by atoms with E-state index >= 15 is 0 Å². The zero-order valence-electron chi connectivity index (χ0n) is 17.7. The molecule has 1 fully saturated rings. The van der Waals surface area contributed by atoms with Crippen LogP contribution in [0.25, 0.3) is 6.08 Å². The van der Waals surface area contributed by atoms with E-state index in [-0.39, 0.29) is 28.9 Å². The minimum atomic E-state index is -3.06. The average molecular weight is 416 g/mol. The van der Waals surface area contributed by atoms with Gasteiger partial charge in [-0.3, -0.25) is 4.79 Å². The van der Waals surface area contributed by atoms with Gasteiger partial charge in [-0.25, -0.2) is 13.1 Å². The highest BCUT2D eigenvalue weighted by Gasteiger charge is 2.32. The average Bonchev–Trinajstić information content (AvgIpc) is 3.17. The lowest BCUT2D eigenvalue weighted by molar-refractivity contribution is -0.111. The van der Waals surface area contributed by atoms with Crippen LogP contribution in [-0.2, 0) is 20.0 Å². The van der Waals surface area contributed by atoms with Crippen molar-refractivity contribution in [2.24, 2.45) is 0 Å². The summed E-state index contributed by atoms with van der Waals surface area (Å²) in [6.07, 6.45) is 3.79. The third kappa shape index (κ3) is 5.15. The largest absolute Gasteiger partial charge is 0.307 e. The lowest BCUT2D eigenvalue weighted by Gasteiger charge is -2.15. The smallest absolute Gasteiger partial charge is 0.249 e. The van der Waals surface area contributed by atoms with Gasteiger partial charge in [0.25, 0.3) is 0 Å². The fraction of sp³-hybridized carbons (Fsp3) is 0.455. The summed E-state index contributed by atoms with van der Waals surface area (Å²) in [7, 11) is -3.06. The summed E-state index contributed by atoms with van der Waals surface area (Å²) in [5, 5.41) is 7.53. The van der Waals surface area contributed by atoms with Crippen LogP contribution in [0.15, 0.2) is 30.3 Å². The summed E-state index contributed by atoms with van der Waals surface area (Å²) in [5.74, 6) is 0.474. The number of hydrogen-bond donors (Lipinski definition) is 1. The highest BCUT2D eigenvalue weighted by molar-refractivity contribution is 7.91. The van der Waals surface area contributed by atoms with E-state index in [4.69, 9.17) is 0 Å². The first-order valence-electron chi connectivity index (χ1n) is 9.81. The molecule has 0 spiro atoms. The molecular weight excluding hydrogens is 386 g/mol. The number of aromatic nitrogens is 2. The zero-order chi connectivity index (χ0) is 21.4. The molecule has 156 valence electrons. The molecule has 2 heterocycles. The van der Waals surface area contributed by atoms with Gasteiger partial charge in [0, 0.05) is 17.6 Å². The molecule has 1 aromatic heterocycles. The second-order valence-electron chi connectivity index (χ2n) is 8.85. The standard InChI is InChI=1S/C22H29N3O3S/c1-15-6-7-17(16(2)12-15)8-9-21(26)23-20-13-19(22(3,4)5)24-25(20)18-10-11-29(27,28)14-18/h6-9,12-13,18H,10-11,14H2,1-5H3,(H,23,26). The van der Waals surface area contributed by atoms with Crippen molar-refractivity contribution in [2.45, 2.75) is 52.5 Å². The number of nitrogens with zero attached hydrogens (tertiary/aromatic N) is 2. The maximum atomic E-state index is 12.6. The topological polar surface area (TPSA) is 81.1 Å². The summed E-state index contributed by atoms with van der Waals surface area (Å²) < 4.78 is 25.5. The molecule has 7 heteroatoms. The minimum Gasteiger partial charge on any atom is -0.307 e. The number of rotatable bonds is 4. The second-order valence-corrected chi connectivity index (χ2v) is 11.1. The van der Waals surface area contributed by atoms with Crippen LogP contribution in [0.3, 0.4) is 0 Å². The number of amides is 1.